The highest BCUT2D eigenvalue weighted by Gasteiger charge is 2.05. The van der Waals surface area contributed by atoms with Crippen LogP contribution >= 0.6 is 0 Å². The topological polar surface area (TPSA) is 23.5 Å². The van der Waals surface area contributed by atoms with Gasteiger partial charge in [0, 0.05) is 18.8 Å². The Bertz CT molecular complexity index is 510. The summed E-state index contributed by atoms with van der Waals surface area (Å²) in [6.45, 7) is 3.56. The summed E-state index contributed by atoms with van der Waals surface area (Å²) in [7, 11) is 0. The number of halogens is 1. The lowest BCUT2D eigenvalue weighted by molar-refractivity contribution is 0.474. The molecule has 2 aromatic carbocycles. The Balaban J connectivity index is 2.17. The van der Waals surface area contributed by atoms with Gasteiger partial charge in [0.1, 0.15) is 11.6 Å². The molecule has 0 atom stereocenters. The molecular formula is C15H16FNO. The molecule has 2 aromatic rings. The molecule has 0 saturated heterocycles. The molecule has 0 aliphatic carbocycles. The van der Waals surface area contributed by atoms with E-state index in [1.165, 1.54) is 12.1 Å². The predicted molar refractivity (Wildman–Crippen MR) is 71.2 cm³/mol. The van der Waals surface area contributed by atoms with Gasteiger partial charge < -0.3 is 10.0 Å². The van der Waals surface area contributed by atoms with Gasteiger partial charge in [0.15, 0.2) is 0 Å². The summed E-state index contributed by atoms with van der Waals surface area (Å²) in [6.07, 6.45) is 0. The maximum atomic E-state index is 12.9. The fraction of sp³-hybridized carbons (Fsp3) is 0.200. The fourth-order valence-electron chi connectivity index (χ4n) is 1.91. The van der Waals surface area contributed by atoms with Crippen LogP contribution in [0.15, 0.2) is 48.5 Å². The Morgan fingerprint density at radius 2 is 1.83 bits per heavy atom. The monoisotopic (exact) mass is 245 g/mol. The minimum absolute atomic E-state index is 0.229. The molecule has 0 bridgehead atoms. The van der Waals surface area contributed by atoms with Gasteiger partial charge in [-0.2, -0.15) is 0 Å². The van der Waals surface area contributed by atoms with Crippen LogP contribution in [-0.2, 0) is 6.54 Å². The average Bonchev–Trinajstić information content (AvgIpc) is 2.37. The highest BCUT2D eigenvalue weighted by Crippen LogP contribution is 2.19. The standard InChI is InChI=1S/C15H16FNO/c1-2-17(14-8-6-13(16)7-9-14)11-12-4-3-5-15(18)10-12/h3-10,18H,2,11H2,1H3. The zero-order valence-corrected chi connectivity index (χ0v) is 10.3. The average molecular weight is 245 g/mol. The zero-order chi connectivity index (χ0) is 13.0. The van der Waals surface area contributed by atoms with Crippen molar-refractivity contribution >= 4 is 5.69 Å². The Morgan fingerprint density at radius 1 is 1.11 bits per heavy atom. The summed E-state index contributed by atoms with van der Waals surface area (Å²) in [5.41, 5.74) is 2.00. The molecule has 0 saturated carbocycles. The normalized spacial score (nSPS) is 10.3. The molecule has 2 rings (SSSR count). The number of anilines is 1. The number of hydrogen-bond acceptors (Lipinski definition) is 2. The number of phenolic OH excluding ortho intramolecular Hbond substituents is 1. The molecule has 18 heavy (non-hydrogen) atoms. The molecule has 0 spiro atoms. The highest BCUT2D eigenvalue weighted by atomic mass is 19.1. The lowest BCUT2D eigenvalue weighted by Gasteiger charge is -2.23. The van der Waals surface area contributed by atoms with Crippen LogP contribution in [0.2, 0.25) is 0 Å². The molecule has 2 nitrogen and oxygen atoms in total. The van der Waals surface area contributed by atoms with Gasteiger partial charge in [-0.1, -0.05) is 12.1 Å². The first-order valence-electron chi connectivity index (χ1n) is 5.97. The Labute approximate surface area is 106 Å². The van der Waals surface area contributed by atoms with E-state index in [-0.39, 0.29) is 11.6 Å². The largest absolute Gasteiger partial charge is 0.508 e. The number of benzene rings is 2. The molecular weight excluding hydrogens is 229 g/mol. The van der Waals surface area contributed by atoms with Crippen LogP contribution in [0.25, 0.3) is 0 Å². The van der Waals surface area contributed by atoms with E-state index in [9.17, 15) is 9.50 Å². The number of aromatic hydroxyl groups is 1. The third kappa shape index (κ3) is 3.00. The Kier molecular flexibility index (Phi) is 3.82. The van der Waals surface area contributed by atoms with Crippen molar-refractivity contribution in [2.75, 3.05) is 11.4 Å². The number of rotatable bonds is 4. The second-order valence-corrected chi connectivity index (χ2v) is 4.16. The van der Waals surface area contributed by atoms with Gasteiger partial charge >= 0.3 is 0 Å². The summed E-state index contributed by atoms with van der Waals surface area (Å²) in [6, 6.07) is 13.6. The highest BCUT2D eigenvalue weighted by molar-refractivity contribution is 5.47. The van der Waals surface area contributed by atoms with Crippen molar-refractivity contribution in [3.63, 3.8) is 0 Å². The molecule has 94 valence electrons. The molecule has 0 radical (unpaired) electrons. The summed E-state index contributed by atoms with van der Waals surface area (Å²) in [5, 5.41) is 9.44. The van der Waals surface area contributed by atoms with Crippen LogP contribution in [0.1, 0.15) is 12.5 Å². The fourth-order valence-corrected chi connectivity index (χ4v) is 1.91. The smallest absolute Gasteiger partial charge is 0.123 e. The molecule has 0 heterocycles. The van der Waals surface area contributed by atoms with Gasteiger partial charge in [-0.15, -0.1) is 0 Å². The molecule has 0 unspecified atom stereocenters. The zero-order valence-electron chi connectivity index (χ0n) is 10.3. The number of hydrogen-bond donors (Lipinski definition) is 1. The molecule has 0 aliphatic rings. The predicted octanol–water partition coefficient (Wildman–Crippen LogP) is 3.56. The third-order valence-electron chi connectivity index (χ3n) is 2.86. The molecule has 1 N–H and O–H groups in total. The van der Waals surface area contributed by atoms with Crippen molar-refractivity contribution in [3.8, 4) is 5.75 Å². The van der Waals surface area contributed by atoms with Gasteiger partial charge in [-0.05, 0) is 48.9 Å². The number of nitrogens with zero attached hydrogens (tertiary/aromatic N) is 1. The van der Waals surface area contributed by atoms with E-state index in [1.807, 2.05) is 19.1 Å². The van der Waals surface area contributed by atoms with Crippen molar-refractivity contribution in [1.29, 1.82) is 0 Å². The van der Waals surface area contributed by atoms with Crippen LogP contribution < -0.4 is 4.90 Å². The summed E-state index contributed by atoms with van der Waals surface area (Å²) in [5.74, 6) is 0.0369. The molecule has 0 aliphatic heterocycles. The van der Waals surface area contributed by atoms with Crippen molar-refractivity contribution < 1.29 is 9.50 Å². The Morgan fingerprint density at radius 3 is 2.44 bits per heavy atom. The molecule has 0 aromatic heterocycles. The van der Waals surface area contributed by atoms with E-state index in [2.05, 4.69) is 4.90 Å². The lowest BCUT2D eigenvalue weighted by Crippen LogP contribution is -2.21. The minimum Gasteiger partial charge on any atom is -0.508 e. The van der Waals surface area contributed by atoms with Crippen LogP contribution in [0.3, 0.4) is 0 Å². The van der Waals surface area contributed by atoms with Crippen molar-refractivity contribution in [2.45, 2.75) is 13.5 Å². The van der Waals surface area contributed by atoms with Gasteiger partial charge in [0.25, 0.3) is 0 Å². The number of phenols is 1. The van der Waals surface area contributed by atoms with E-state index in [1.54, 1.807) is 24.3 Å². The van der Waals surface area contributed by atoms with Crippen molar-refractivity contribution in [2.24, 2.45) is 0 Å². The quantitative estimate of drug-likeness (QED) is 0.890. The summed E-state index contributed by atoms with van der Waals surface area (Å²) < 4.78 is 12.9. The van der Waals surface area contributed by atoms with Crippen molar-refractivity contribution in [1.82, 2.24) is 0 Å². The molecule has 3 heteroatoms. The summed E-state index contributed by atoms with van der Waals surface area (Å²) >= 11 is 0. The van der Waals surface area contributed by atoms with Gasteiger partial charge in [0.2, 0.25) is 0 Å². The van der Waals surface area contributed by atoms with Crippen LogP contribution in [0.4, 0.5) is 10.1 Å². The second-order valence-electron chi connectivity index (χ2n) is 4.16. The van der Waals surface area contributed by atoms with Crippen LogP contribution in [0.5, 0.6) is 5.75 Å². The van der Waals surface area contributed by atoms with E-state index in [0.29, 0.717) is 6.54 Å². The van der Waals surface area contributed by atoms with Crippen LogP contribution in [-0.4, -0.2) is 11.7 Å². The van der Waals surface area contributed by atoms with Crippen molar-refractivity contribution in [3.05, 3.63) is 59.9 Å². The Hall–Kier alpha value is -2.03. The SMILES string of the molecule is CCN(Cc1cccc(O)c1)c1ccc(F)cc1. The van der Waals surface area contributed by atoms with E-state index < -0.39 is 0 Å². The first kappa shape index (κ1) is 12.4. The maximum Gasteiger partial charge on any atom is 0.123 e. The molecule has 0 fully saturated rings. The van der Waals surface area contributed by atoms with E-state index >= 15 is 0 Å². The first-order valence-corrected chi connectivity index (χ1v) is 5.97. The first-order chi connectivity index (χ1) is 8.69. The maximum absolute atomic E-state index is 12.9. The van der Waals surface area contributed by atoms with E-state index in [0.717, 1.165) is 17.8 Å². The summed E-state index contributed by atoms with van der Waals surface area (Å²) in [4.78, 5) is 2.12. The minimum atomic E-state index is -0.229. The van der Waals surface area contributed by atoms with E-state index in [4.69, 9.17) is 0 Å². The van der Waals surface area contributed by atoms with Gasteiger partial charge in [-0.3, -0.25) is 0 Å². The van der Waals surface area contributed by atoms with Gasteiger partial charge in [-0.25, -0.2) is 4.39 Å². The van der Waals surface area contributed by atoms with Crippen LogP contribution in [0, 0.1) is 5.82 Å². The van der Waals surface area contributed by atoms with Gasteiger partial charge in [0.05, 0.1) is 0 Å². The second kappa shape index (κ2) is 5.54. The third-order valence-corrected chi connectivity index (χ3v) is 2.86. The molecule has 0 amide bonds. The lowest BCUT2D eigenvalue weighted by atomic mass is 10.2.